The van der Waals surface area contributed by atoms with Crippen molar-refractivity contribution in [2.45, 2.75) is 146 Å². The second kappa shape index (κ2) is 17.5. The van der Waals surface area contributed by atoms with Crippen molar-refractivity contribution in [2.24, 2.45) is 5.92 Å². The minimum Gasteiger partial charge on any atom is -0.495 e. The predicted molar refractivity (Wildman–Crippen MR) is 222 cm³/mol. The number of methoxy groups -OCH3 is 2. The van der Waals surface area contributed by atoms with E-state index < -0.39 is 70.4 Å². The average Bonchev–Trinajstić information content (AvgIpc) is 3.81. The number of alkyl carbamates (subject to hydrolysis) is 1. The molecule has 0 radical (unpaired) electrons. The number of anilines is 1. The van der Waals surface area contributed by atoms with Crippen molar-refractivity contribution in [1.82, 2.24) is 10.2 Å². The highest BCUT2D eigenvalue weighted by molar-refractivity contribution is 8.01. The summed E-state index contributed by atoms with van der Waals surface area (Å²) in [6.07, 6.45) is 0.676. The lowest BCUT2D eigenvalue weighted by Crippen LogP contribution is -2.63. The van der Waals surface area contributed by atoms with Crippen molar-refractivity contribution in [3.05, 3.63) is 46.5 Å². The number of hydrogen-bond acceptors (Lipinski definition) is 11. The molecule has 0 aromatic heterocycles. The van der Waals surface area contributed by atoms with Crippen LogP contribution in [0.5, 0.6) is 5.75 Å². The van der Waals surface area contributed by atoms with Crippen LogP contribution in [0.25, 0.3) is 0 Å². The molecule has 3 aliphatic heterocycles. The molecule has 1 aromatic rings. The topological polar surface area (TPSA) is 156 Å². The molecule has 0 spiro atoms. The first-order valence-corrected chi connectivity index (χ1v) is 20.5. The fourth-order valence-electron chi connectivity index (χ4n) is 7.70. The third-order valence-corrected chi connectivity index (χ3v) is 13.0. The van der Waals surface area contributed by atoms with Crippen LogP contribution in [-0.2, 0) is 33.3 Å². The first kappa shape index (κ1) is 46.4. The molecule has 1 unspecified atom stereocenters. The molecular formula is C42H62ClN3O10S. The summed E-state index contributed by atoms with van der Waals surface area (Å²) in [5, 5.41) is 14.6. The number of allylic oxidation sites excluding steroid dienone is 3. The van der Waals surface area contributed by atoms with Crippen LogP contribution in [0.4, 0.5) is 10.5 Å². The van der Waals surface area contributed by atoms with Crippen LogP contribution in [0.3, 0.4) is 0 Å². The van der Waals surface area contributed by atoms with E-state index in [1.165, 1.54) is 24.0 Å². The Kier molecular flexibility index (Phi) is 14.2. The monoisotopic (exact) mass is 835 g/mol. The number of amides is 3. The lowest BCUT2D eigenvalue weighted by atomic mass is 9.83. The second-order valence-electron chi connectivity index (χ2n) is 17.4. The minimum absolute atomic E-state index is 0.0537. The highest BCUT2D eigenvalue weighted by Crippen LogP contribution is 2.49. The number of hydrogen-bond donors (Lipinski definition) is 2. The Hall–Kier alpha value is -3.30. The van der Waals surface area contributed by atoms with Gasteiger partial charge in [0.05, 0.1) is 25.3 Å². The van der Waals surface area contributed by atoms with Crippen LogP contribution >= 0.6 is 23.4 Å². The Morgan fingerprint density at radius 3 is 2.42 bits per heavy atom. The van der Waals surface area contributed by atoms with E-state index >= 15 is 0 Å². The van der Waals surface area contributed by atoms with Gasteiger partial charge in [0.25, 0.3) is 0 Å². The third-order valence-electron chi connectivity index (χ3n) is 11.3. The highest BCUT2D eigenvalue weighted by atomic mass is 35.5. The SMILES string of the molecule is COc1cc2cc(c1Cl)N(C)C(=O)C[C@H](OC(=O)[C@@H](C)N(C)C(=O)CC(C)(C)SC(C)(C)C)[C@]1(C)O[C@H]1[C@H](C)[C@@H]1C[C@@](O)(NC(=O)O1)[C@H](OC)/C=C/C=C(\C)C2C. The zero-order chi connectivity index (χ0) is 43.0. The maximum absolute atomic E-state index is 14.3. The van der Waals surface area contributed by atoms with Crippen LogP contribution in [-0.4, -0.2) is 113 Å². The highest BCUT2D eigenvalue weighted by Gasteiger charge is 2.64. The number of epoxide rings is 1. The van der Waals surface area contributed by atoms with E-state index in [-0.39, 0.29) is 40.9 Å². The van der Waals surface area contributed by atoms with Gasteiger partial charge in [0.15, 0.2) is 5.72 Å². The van der Waals surface area contributed by atoms with E-state index in [1.807, 2.05) is 52.8 Å². The molecular weight excluding hydrogens is 774 g/mol. The Bertz CT molecular complexity index is 1760. The predicted octanol–water partition coefficient (Wildman–Crippen LogP) is 6.78. The van der Waals surface area contributed by atoms with Crippen molar-refractivity contribution < 1.29 is 48.0 Å². The number of thioether (sulfide) groups is 1. The van der Waals surface area contributed by atoms with E-state index in [2.05, 4.69) is 26.1 Å². The zero-order valence-corrected chi connectivity index (χ0v) is 37.4. The quantitative estimate of drug-likeness (QED) is 0.210. The van der Waals surface area contributed by atoms with Crippen LogP contribution in [0.15, 0.2) is 35.9 Å². The summed E-state index contributed by atoms with van der Waals surface area (Å²) in [7, 11) is 6.09. The van der Waals surface area contributed by atoms with Gasteiger partial charge in [-0.15, -0.1) is 11.8 Å². The van der Waals surface area contributed by atoms with Crippen molar-refractivity contribution in [3.63, 3.8) is 0 Å². The van der Waals surface area contributed by atoms with Crippen LogP contribution in [0.2, 0.25) is 5.02 Å². The summed E-state index contributed by atoms with van der Waals surface area (Å²) in [4.78, 5) is 57.5. The molecule has 9 atom stereocenters. The maximum Gasteiger partial charge on any atom is 0.409 e. The van der Waals surface area contributed by atoms with Crippen molar-refractivity contribution in [1.29, 1.82) is 0 Å². The van der Waals surface area contributed by atoms with E-state index in [4.69, 9.17) is 35.3 Å². The molecule has 0 aliphatic carbocycles. The molecule has 0 saturated carbocycles. The van der Waals surface area contributed by atoms with Gasteiger partial charge in [-0.05, 0) is 38.5 Å². The maximum atomic E-state index is 14.3. The fourth-order valence-corrected chi connectivity index (χ4v) is 9.87. The molecule has 13 nitrogen and oxygen atoms in total. The standard InChI is InChI=1S/C42H62ClN3O10S/c1-23-16-15-17-31(53-14)42(51)21-30(54-38(50)44-42)25(3)36-41(10,56-36)32(20-33(47)46(12)28-18-27(24(23)2)19-29(52-13)35(28)43)55-37(49)26(4)45(11)34(48)22-40(8,9)57-39(5,6)7/h15-19,24-26,30-32,36,51H,20-22H2,1-14H3,(H,44,50)/b17-15+,23-16+/t24?,25-,26-,30+,31-,32+,36+,41+,42+/m1/s1. The van der Waals surface area contributed by atoms with E-state index in [1.54, 1.807) is 51.9 Å². The molecule has 57 heavy (non-hydrogen) atoms. The number of halogens is 1. The Morgan fingerprint density at radius 1 is 1.18 bits per heavy atom. The third kappa shape index (κ3) is 10.7. The number of aliphatic hydroxyl groups is 1. The molecule has 318 valence electrons. The number of ether oxygens (including phenoxy) is 5. The number of benzene rings is 1. The lowest BCUT2D eigenvalue weighted by molar-refractivity contribution is -0.162. The van der Waals surface area contributed by atoms with E-state index in [0.29, 0.717) is 11.4 Å². The van der Waals surface area contributed by atoms with Crippen LogP contribution < -0.4 is 15.0 Å². The molecule has 2 saturated heterocycles. The van der Waals surface area contributed by atoms with Gasteiger partial charge in [-0.25, -0.2) is 9.59 Å². The van der Waals surface area contributed by atoms with E-state index in [0.717, 1.165) is 11.1 Å². The zero-order valence-electron chi connectivity index (χ0n) is 35.9. The molecule has 3 heterocycles. The molecule has 2 fully saturated rings. The Balaban J connectivity index is 1.75. The molecule has 2 N–H and O–H groups in total. The van der Waals surface area contributed by atoms with Gasteiger partial charge in [0.2, 0.25) is 11.8 Å². The molecule has 3 amide bonds. The summed E-state index contributed by atoms with van der Waals surface area (Å²) in [6, 6.07) is 2.64. The Morgan fingerprint density at radius 2 is 1.82 bits per heavy atom. The molecule has 3 aliphatic rings. The summed E-state index contributed by atoms with van der Waals surface area (Å²) in [6.45, 7) is 19.3. The molecule has 4 rings (SSSR count). The number of likely N-dealkylation sites (N-methyl/N-ethyl adjacent to an activating group) is 1. The lowest BCUT2D eigenvalue weighted by Gasteiger charge is -2.42. The van der Waals surface area contributed by atoms with Crippen LogP contribution in [0, 0.1) is 5.92 Å². The van der Waals surface area contributed by atoms with Gasteiger partial charge in [-0.3, -0.25) is 14.9 Å². The summed E-state index contributed by atoms with van der Waals surface area (Å²) >= 11 is 8.52. The van der Waals surface area contributed by atoms with Crippen molar-refractivity contribution in [2.75, 3.05) is 33.2 Å². The summed E-state index contributed by atoms with van der Waals surface area (Å²) in [5.74, 6) is -1.72. The van der Waals surface area contributed by atoms with Crippen molar-refractivity contribution in [3.8, 4) is 5.75 Å². The second-order valence-corrected chi connectivity index (χ2v) is 20.3. The van der Waals surface area contributed by atoms with Crippen molar-refractivity contribution >= 4 is 52.9 Å². The van der Waals surface area contributed by atoms with Gasteiger partial charge in [-0.1, -0.05) is 83.9 Å². The molecule has 4 bridgehead atoms. The first-order chi connectivity index (χ1) is 26.3. The largest absolute Gasteiger partial charge is 0.495 e. The van der Waals surface area contributed by atoms with Gasteiger partial charge in [-0.2, -0.15) is 0 Å². The minimum atomic E-state index is -1.84. The van der Waals surface area contributed by atoms with Gasteiger partial charge in [0, 0.05) is 55.4 Å². The number of nitrogens with one attached hydrogen (secondary N) is 1. The number of carbonyl (C=O) groups excluding carboxylic acids is 4. The number of nitrogens with zero attached hydrogens (tertiary/aromatic N) is 2. The summed E-state index contributed by atoms with van der Waals surface area (Å²) < 4.78 is 29.0. The first-order valence-electron chi connectivity index (χ1n) is 19.3. The number of rotatable bonds is 8. The average molecular weight is 836 g/mol. The molecule has 15 heteroatoms. The Labute approximate surface area is 347 Å². The van der Waals surface area contributed by atoms with Gasteiger partial charge < -0.3 is 38.6 Å². The van der Waals surface area contributed by atoms with Crippen LogP contribution in [0.1, 0.15) is 100.0 Å². The van der Waals surface area contributed by atoms with Gasteiger partial charge in [0.1, 0.15) is 40.7 Å². The fraction of sp³-hybridized carbons (Fsp3) is 0.667. The summed E-state index contributed by atoms with van der Waals surface area (Å²) in [5.41, 5.74) is -0.923. The molecule has 1 aromatic carbocycles. The van der Waals surface area contributed by atoms with Gasteiger partial charge >= 0.3 is 12.1 Å². The van der Waals surface area contributed by atoms with E-state index in [9.17, 15) is 24.3 Å². The smallest absolute Gasteiger partial charge is 0.409 e. The number of carbonyl (C=O) groups is 4. The normalized spacial score (nSPS) is 31.8. The number of esters is 1. The number of fused-ring (bicyclic) bond motifs is 5.